The lowest BCUT2D eigenvalue weighted by atomic mass is 9.92. The van der Waals surface area contributed by atoms with Crippen molar-refractivity contribution in [2.24, 2.45) is 0 Å². The normalized spacial score (nSPS) is 10.8. The van der Waals surface area contributed by atoms with Crippen LogP contribution >= 0.6 is 0 Å². The maximum Gasteiger partial charge on any atom is 0.305 e. The number of amides is 1. The summed E-state index contributed by atoms with van der Waals surface area (Å²) in [4.78, 5) is 23.3. The standard InChI is InChI=1S/C19H17NO3/c1-12-13-6-2-4-8-15(13)18(16-9-5-3-7-14(12)16)19(23)20-11-10-17(21)22/h2-9H,10-11H2,1H3,(H,20,23)(H,21,22). The first-order valence-electron chi connectivity index (χ1n) is 7.49. The van der Waals surface area contributed by atoms with Crippen molar-refractivity contribution in [2.45, 2.75) is 13.3 Å². The molecular formula is C19H17NO3. The minimum absolute atomic E-state index is 0.0898. The van der Waals surface area contributed by atoms with Crippen LogP contribution < -0.4 is 5.32 Å². The van der Waals surface area contributed by atoms with Gasteiger partial charge in [-0.05, 0) is 34.0 Å². The van der Waals surface area contributed by atoms with Gasteiger partial charge in [0.05, 0.1) is 12.0 Å². The number of carboxylic acid groups (broad SMARTS) is 1. The molecule has 0 aromatic heterocycles. The molecule has 0 bridgehead atoms. The molecule has 3 aromatic rings. The van der Waals surface area contributed by atoms with E-state index >= 15 is 0 Å². The van der Waals surface area contributed by atoms with Crippen molar-refractivity contribution in [1.82, 2.24) is 5.32 Å². The predicted molar refractivity (Wildman–Crippen MR) is 90.8 cm³/mol. The fourth-order valence-corrected chi connectivity index (χ4v) is 2.96. The van der Waals surface area contributed by atoms with Crippen molar-refractivity contribution in [3.8, 4) is 0 Å². The van der Waals surface area contributed by atoms with Crippen molar-refractivity contribution < 1.29 is 14.7 Å². The third-order valence-corrected chi connectivity index (χ3v) is 4.05. The van der Waals surface area contributed by atoms with Crippen molar-refractivity contribution in [2.75, 3.05) is 6.54 Å². The first-order chi connectivity index (χ1) is 11.1. The highest BCUT2D eigenvalue weighted by Gasteiger charge is 2.16. The van der Waals surface area contributed by atoms with E-state index in [2.05, 4.69) is 12.2 Å². The van der Waals surface area contributed by atoms with Gasteiger partial charge in [-0.1, -0.05) is 48.5 Å². The van der Waals surface area contributed by atoms with Gasteiger partial charge in [-0.25, -0.2) is 0 Å². The Balaban J connectivity index is 2.18. The van der Waals surface area contributed by atoms with Gasteiger partial charge in [0.1, 0.15) is 0 Å². The summed E-state index contributed by atoms with van der Waals surface area (Å²) in [7, 11) is 0. The molecule has 3 rings (SSSR count). The molecule has 23 heavy (non-hydrogen) atoms. The molecule has 0 aliphatic heterocycles. The van der Waals surface area contributed by atoms with E-state index in [0.717, 1.165) is 27.1 Å². The Hall–Kier alpha value is -2.88. The molecule has 0 saturated heterocycles. The molecule has 0 saturated carbocycles. The van der Waals surface area contributed by atoms with Crippen LogP contribution in [-0.2, 0) is 4.79 Å². The van der Waals surface area contributed by atoms with Crippen LogP contribution in [0.15, 0.2) is 48.5 Å². The molecule has 4 nitrogen and oxygen atoms in total. The molecule has 0 aliphatic rings. The van der Waals surface area contributed by atoms with Gasteiger partial charge in [0.25, 0.3) is 5.91 Å². The smallest absolute Gasteiger partial charge is 0.305 e. The lowest BCUT2D eigenvalue weighted by Crippen LogP contribution is -2.26. The average molecular weight is 307 g/mol. The summed E-state index contributed by atoms with van der Waals surface area (Å²) in [6.45, 7) is 2.17. The molecule has 0 fully saturated rings. The minimum atomic E-state index is -0.927. The Labute approximate surface area is 133 Å². The third kappa shape index (κ3) is 2.75. The van der Waals surface area contributed by atoms with E-state index in [4.69, 9.17) is 5.11 Å². The van der Waals surface area contributed by atoms with E-state index in [1.807, 2.05) is 48.5 Å². The molecule has 0 atom stereocenters. The quantitative estimate of drug-likeness (QED) is 0.725. The number of carboxylic acids is 1. The number of nitrogens with one attached hydrogen (secondary N) is 1. The molecular weight excluding hydrogens is 290 g/mol. The molecule has 0 radical (unpaired) electrons. The summed E-state index contributed by atoms with van der Waals surface area (Å²) >= 11 is 0. The second kappa shape index (κ2) is 6.08. The molecule has 0 heterocycles. The van der Waals surface area contributed by atoms with Crippen molar-refractivity contribution >= 4 is 33.4 Å². The van der Waals surface area contributed by atoms with E-state index in [-0.39, 0.29) is 18.9 Å². The number of benzene rings is 3. The van der Waals surface area contributed by atoms with Gasteiger partial charge in [0, 0.05) is 6.54 Å². The maximum atomic E-state index is 12.7. The van der Waals surface area contributed by atoms with Crippen LogP contribution in [0.4, 0.5) is 0 Å². The Morgan fingerprint density at radius 2 is 1.39 bits per heavy atom. The molecule has 4 heteroatoms. The highest BCUT2D eigenvalue weighted by Crippen LogP contribution is 2.32. The Morgan fingerprint density at radius 3 is 1.87 bits per heavy atom. The fourth-order valence-electron chi connectivity index (χ4n) is 2.96. The van der Waals surface area contributed by atoms with E-state index in [0.29, 0.717) is 5.56 Å². The zero-order valence-corrected chi connectivity index (χ0v) is 12.8. The minimum Gasteiger partial charge on any atom is -0.481 e. The monoisotopic (exact) mass is 307 g/mol. The number of hydrogen-bond acceptors (Lipinski definition) is 2. The zero-order chi connectivity index (χ0) is 16.4. The summed E-state index contributed by atoms with van der Waals surface area (Å²) in [5.41, 5.74) is 1.74. The number of fused-ring (bicyclic) bond motifs is 2. The van der Waals surface area contributed by atoms with Crippen LogP contribution in [0.5, 0.6) is 0 Å². The molecule has 2 N–H and O–H groups in total. The van der Waals surface area contributed by atoms with Crippen LogP contribution in [-0.4, -0.2) is 23.5 Å². The van der Waals surface area contributed by atoms with Gasteiger partial charge in [-0.2, -0.15) is 0 Å². The van der Waals surface area contributed by atoms with Crippen LogP contribution in [0.3, 0.4) is 0 Å². The van der Waals surface area contributed by atoms with E-state index in [9.17, 15) is 9.59 Å². The number of hydrogen-bond donors (Lipinski definition) is 2. The third-order valence-electron chi connectivity index (χ3n) is 4.05. The fraction of sp³-hybridized carbons (Fsp3) is 0.158. The number of aliphatic carboxylic acids is 1. The first-order valence-corrected chi connectivity index (χ1v) is 7.49. The predicted octanol–water partition coefficient (Wildman–Crippen LogP) is 3.51. The highest BCUT2D eigenvalue weighted by molar-refractivity contribution is 6.19. The van der Waals surface area contributed by atoms with Crippen LogP contribution in [0.1, 0.15) is 22.3 Å². The Bertz CT molecular complexity index is 858. The summed E-state index contributed by atoms with van der Waals surface area (Å²) in [5, 5.41) is 15.3. The van der Waals surface area contributed by atoms with Crippen molar-refractivity contribution in [3.05, 3.63) is 59.7 Å². The second-order valence-corrected chi connectivity index (χ2v) is 5.49. The van der Waals surface area contributed by atoms with Gasteiger partial charge in [0.2, 0.25) is 0 Å². The van der Waals surface area contributed by atoms with Gasteiger partial charge in [0.15, 0.2) is 0 Å². The molecule has 0 spiro atoms. The SMILES string of the molecule is Cc1c2ccccc2c(C(=O)NCCC(=O)O)c2ccccc12. The van der Waals surface area contributed by atoms with Crippen LogP contribution in [0.25, 0.3) is 21.5 Å². The van der Waals surface area contributed by atoms with E-state index in [1.54, 1.807) is 0 Å². The summed E-state index contributed by atoms with van der Waals surface area (Å²) < 4.78 is 0. The van der Waals surface area contributed by atoms with Crippen LogP contribution in [0.2, 0.25) is 0 Å². The van der Waals surface area contributed by atoms with Gasteiger partial charge in [-0.15, -0.1) is 0 Å². The lowest BCUT2D eigenvalue weighted by molar-refractivity contribution is -0.136. The molecule has 0 unspecified atom stereocenters. The topological polar surface area (TPSA) is 66.4 Å². The summed E-state index contributed by atoms with van der Waals surface area (Å²) in [6.07, 6.45) is -0.0898. The highest BCUT2D eigenvalue weighted by atomic mass is 16.4. The Morgan fingerprint density at radius 1 is 0.913 bits per heavy atom. The lowest BCUT2D eigenvalue weighted by Gasteiger charge is -2.14. The number of aryl methyl sites for hydroxylation is 1. The molecule has 1 amide bonds. The summed E-state index contributed by atoms with van der Waals surface area (Å²) in [6, 6.07) is 15.6. The maximum absolute atomic E-state index is 12.7. The van der Waals surface area contributed by atoms with Crippen molar-refractivity contribution in [3.63, 3.8) is 0 Å². The largest absolute Gasteiger partial charge is 0.481 e. The molecule has 3 aromatic carbocycles. The van der Waals surface area contributed by atoms with Gasteiger partial charge in [-0.3, -0.25) is 9.59 Å². The molecule has 0 aliphatic carbocycles. The van der Waals surface area contributed by atoms with E-state index in [1.165, 1.54) is 0 Å². The average Bonchev–Trinajstić information content (AvgIpc) is 2.55. The van der Waals surface area contributed by atoms with Gasteiger partial charge >= 0.3 is 5.97 Å². The second-order valence-electron chi connectivity index (χ2n) is 5.49. The number of carbonyl (C=O) groups is 2. The Kier molecular flexibility index (Phi) is 3.98. The van der Waals surface area contributed by atoms with Crippen molar-refractivity contribution in [1.29, 1.82) is 0 Å². The van der Waals surface area contributed by atoms with Gasteiger partial charge < -0.3 is 10.4 Å². The molecule has 116 valence electrons. The first kappa shape index (κ1) is 15.0. The van der Waals surface area contributed by atoms with E-state index < -0.39 is 5.97 Å². The summed E-state index contributed by atoms with van der Waals surface area (Å²) in [5.74, 6) is -1.16. The van der Waals surface area contributed by atoms with Crippen LogP contribution in [0, 0.1) is 6.92 Å². The number of rotatable bonds is 4. The number of carbonyl (C=O) groups excluding carboxylic acids is 1. The zero-order valence-electron chi connectivity index (χ0n) is 12.8.